The van der Waals surface area contributed by atoms with Crippen LogP contribution in [-0.2, 0) is 25.4 Å². The van der Waals surface area contributed by atoms with Gasteiger partial charge in [-0.05, 0) is 16.3 Å². The predicted octanol–water partition coefficient (Wildman–Crippen LogP) is 1.69. The lowest BCUT2D eigenvalue weighted by molar-refractivity contribution is 0.210. The normalized spacial score (nSPS) is 11.4. The number of rotatable bonds is 6. The summed E-state index contributed by atoms with van der Waals surface area (Å²) in [5, 5.41) is 5.47. The molecule has 2 heterocycles. The number of benzene rings is 2. The average Bonchev–Trinajstić information content (AvgIpc) is 3.09. The van der Waals surface area contributed by atoms with Gasteiger partial charge in [-0.1, -0.05) is 42.5 Å². The molecule has 0 spiro atoms. The van der Waals surface area contributed by atoms with Crippen LogP contribution in [0.25, 0.3) is 21.9 Å². The highest BCUT2D eigenvalue weighted by Crippen LogP contribution is 2.23. The zero-order valence-corrected chi connectivity index (χ0v) is 16.7. The highest BCUT2D eigenvalue weighted by molar-refractivity contribution is 5.86. The number of anilines is 1. The number of hydrogen-bond donors (Lipinski definition) is 1. The molecule has 8 heteroatoms. The summed E-state index contributed by atoms with van der Waals surface area (Å²) >= 11 is 0. The van der Waals surface area contributed by atoms with Crippen molar-refractivity contribution < 1.29 is 4.74 Å². The number of aryl methyl sites for hydroxylation is 1. The smallest absolute Gasteiger partial charge is 0.332 e. The molecule has 4 aromatic rings. The first-order valence-electron chi connectivity index (χ1n) is 9.38. The summed E-state index contributed by atoms with van der Waals surface area (Å²) in [5.74, 6) is 0.531. The Morgan fingerprint density at radius 2 is 1.79 bits per heavy atom. The molecule has 0 radical (unpaired) electrons. The summed E-state index contributed by atoms with van der Waals surface area (Å²) in [4.78, 5) is 29.9. The zero-order valence-electron chi connectivity index (χ0n) is 16.7. The Labute approximate surface area is 167 Å². The average molecular weight is 393 g/mol. The quantitative estimate of drug-likeness (QED) is 0.504. The van der Waals surface area contributed by atoms with Crippen LogP contribution in [0.4, 0.5) is 5.95 Å². The monoisotopic (exact) mass is 393 g/mol. The lowest BCUT2D eigenvalue weighted by Gasteiger charge is -2.13. The Balaban J connectivity index is 1.94. The fourth-order valence-electron chi connectivity index (χ4n) is 3.60. The van der Waals surface area contributed by atoms with Crippen LogP contribution in [-0.4, -0.2) is 38.9 Å². The molecule has 0 aliphatic rings. The molecule has 0 saturated heterocycles. The summed E-state index contributed by atoms with van der Waals surface area (Å²) < 4.78 is 9.47. The second kappa shape index (κ2) is 7.56. The highest BCUT2D eigenvalue weighted by atomic mass is 16.5. The van der Waals surface area contributed by atoms with Crippen molar-refractivity contribution in [3.63, 3.8) is 0 Å². The maximum absolute atomic E-state index is 13.0. The van der Waals surface area contributed by atoms with Gasteiger partial charge in [0.1, 0.15) is 0 Å². The summed E-state index contributed by atoms with van der Waals surface area (Å²) in [6.45, 7) is 1.47. The molecule has 29 heavy (non-hydrogen) atoms. The van der Waals surface area contributed by atoms with Crippen molar-refractivity contribution in [1.29, 1.82) is 0 Å². The van der Waals surface area contributed by atoms with Gasteiger partial charge in [-0.2, -0.15) is 4.98 Å². The largest absolute Gasteiger partial charge is 0.383 e. The van der Waals surface area contributed by atoms with Gasteiger partial charge in [0.2, 0.25) is 5.95 Å². The number of methoxy groups -OCH3 is 1. The molecule has 0 atom stereocenters. The van der Waals surface area contributed by atoms with E-state index in [0.29, 0.717) is 36.8 Å². The molecule has 150 valence electrons. The van der Waals surface area contributed by atoms with E-state index < -0.39 is 5.69 Å². The van der Waals surface area contributed by atoms with Gasteiger partial charge in [-0.25, -0.2) is 4.79 Å². The van der Waals surface area contributed by atoms with E-state index in [1.165, 1.54) is 11.6 Å². The topological polar surface area (TPSA) is 83.1 Å². The lowest BCUT2D eigenvalue weighted by Crippen LogP contribution is -2.37. The molecule has 8 nitrogen and oxygen atoms in total. The molecule has 2 aromatic carbocycles. The van der Waals surface area contributed by atoms with E-state index in [-0.39, 0.29) is 5.56 Å². The van der Waals surface area contributed by atoms with E-state index in [9.17, 15) is 9.59 Å². The number of aromatic nitrogens is 4. The van der Waals surface area contributed by atoms with Crippen molar-refractivity contribution in [2.75, 3.05) is 25.6 Å². The summed E-state index contributed by atoms with van der Waals surface area (Å²) in [6, 6.07) is 14.2. The van der Waals surface area contributed by atoms with Crippen molar-refractivity contribution in [1.82, 2.24) is 18.7 Å². The van der Waals surface area contributed by atoms with Gasteiger partial charge < -0.3 is 10.1 Å². The molecule has 0 aliphatic carbocycles. The van der Waals surface area contributed by atoms with Crippen LogP contribution < -0.4 is 16.6 Å². The standard InChI is InChI=1S/C21H23N5O3/c1-24-18-17(19(27)25(2)21(24)28)26(20(23-18)22-11-12-29-3)13-15-9-6-8-14-7-4-5-10-16(14)15/h4-10H,11-13H2,1-3H3,(H,22,23). The van der Waals surface area contributed by atoms with Crippen LogP contribution in [0.15, 0.2) is 52.1 Å². The molecular weight excluding hydrogens is 370 g/mol. The Morgan fingerprint density at radius 3 is 2.59 bits per heavy atom. The van der Waals surface area contributed by atoms with Crippen LogP contribution >= 0.6 is 0 Å². The molecular formula is C21H23N5O3. The van der Waals surface area contributed by atoms with Gasteiger partial charge in [0.05, 0.1) is 13.2 Å². The number of hydrogen-bond acceptors (Lipinski definition) is 5. The van der Waals surface area contributed by atoms with Crippen LogP contribution in [0, 0.1) is 0 Å². The van der Waals surface area contributed by atoms with Crippen LogP contribution in [0.1, 0.15) is 5.56 Å². The van der Waals surface area contributed by atoms with Crippen LogP contribution in [0.3, 0.4) is 0 Å². The zero-order chi connectivity index (χ0) is 20.5. The number of nitrogens with one attached hydrogen (secondary N) is 1. The van der Waals surface area contributed by atoms with E-state index in [2.05, 4.69) is 28.5 Å². The molecule has 0 unspecified atom stereocenters. The minimum Gasteiger partial charge on any atom is -0.383 e. The number of ether oxygens (including phenoxy) is 1. The van der Waals surface area contributed by atoms with Crippen molar-refractivity contribution in [3.05, 3.63) is 68.9 Å². The first kappa shape index (κ1) is 18.9. The first-order valence-corrected chi connectivity index (χ1v) is 9.38. The maximum atomic E-state index is 13.0. The van der Waals surface area contributed by atoms with E-state index >= 15 is 0 Å². The Hall–Kier alpha value is -3.39. The van der Waals surface area contributed by atoms with Crippen molar-refractivity contribution in [2.45, 2.75) is 6.54 Å². The van der Waals surface area contributed by atoms with Crippen molar-refractivity contribution >= 4 is 27.9 Å². The van der Waals surface area contributed by atoms with E-state index in [0.717, 1.165) is 20.9 Å². The van der Waals surface area contributed by atoms with Gasteiger partial charge in [0, 0.05) is 27.7 Å². The summed E-state index contributed by atoms with van der Waals surface area (Å²) in [6.07, 6.45) is 0. The highest BCUT2D eigenvalue weighted by Gasteiger charge is 2.19. The molecule has 0 saturated carbocycles. The molecule has 0 amide bonds. The Bertz CT molecular complexity index is 1310. The third-order valence-corrected chi connectivity index (χ3v) is 5.15. The number of imidazole rings is 1. The maximum Gasteiger partial charge on any atom is 0.332 e. The van der Waals surface area contributed by atoms with E-state index in [1.807, 2.05) is 28.8 Å². The van der Waals surface area contributed by atoms with E-state index in [4.69, 9.17) is 4.74 Å². The van der Waals surface area contributed by atoms with Gasteiger partial charge in [-0.15, -0.1) is 0 Å². The number of fused-ring (bicyclic) bond motifs is 2. The van der Waals surface area contributed by atoms with Gasteiger partial charge in [-0.3, -0.25) is 18.5 Å². The molecule has 1 N–H and O–H groups in total. The van der Waals surface area contributed by atoms with Crippen molar-refractivity contribution in [2.24, 2.45) is 14.1 Å². The summed E-state index contributed by atoms with van der Waals surface area (Å²) in [5.41, 5.74) is 1.05. The predicted molar refractivity (Wildman–Crippen MR) is 114 cm³/mol. The molecule has 0 aliphatic heterocycles. The molecule has 2 aromatic heterocycles. The number of nitrogens with zero attached hydrogens (tertiary/aromatic N) is 4. The van der Waals surface area contributed by atoms with E-state index in [1.54, 1.807) is 14.2 Å². The Kier molecular flexibility index (Phi) is 4.94. The van der Waals surface area contributed by atoms with Crippen LogP contribution in [0.5, 0.6) is 0 Å². The second-order valence-corrected chi connectivity index (χ2v) is 6.96. The first-order chi connectivity index (χ1) is 14.0. The third kappa shape index (κ3) is 3.21. The molecule has 4 rings (SSSR count). The minimum atomic E-state index is -0.402. The van der Waals surface area contributed by atoms with Crippen molar-refractivity contribution in [3.8, 4) is 0 Å². The Morgan fingerprint density at radius 1 is 1.03 bits per heavy atom. The summed E-state index contributed by atoms with van der Waals surface area (Å²) in [7, 11) is 4.73. The molecule has 0 bridgehead atoms. The third-order valence-electron chi connectivity index (χ3n) is 5.15. The van der Waals surface area contributed by atoms with Gasteiger partial charge in [0.25, 0.3) is 5.56 Å². The molecule has 0 fully saturated rings. The minimum absolute atomic E-state index is 0.359. The lowest BCUT2D eigenvalue weighted by atomic mass is 10.0. The fraction of sp³-hybridized carbons (Fsp3) is 0.286. The van der Waals surface area contributed by atoms with Crippen LogP contribution in [0.2, 0.25) is 0 Å². The van der Waals surface area contributed by atoms with Gasteiger partial charge in [0.15, 0.2) is 11.2 Å². The SMILES string of the molecule is COCCNc1nc2c(c(=O)n(C)c(=O)n2C)n1Cc1cccc2ccccc12. The fourth-order valence-corrected chi connectivity index (χ4v) is 3.60. The second-order valence-electron chi connectivity index (χ2n) is 6.96. The van der Waals surface area contributed by atoms with Gasteiger partial charge >= 0.3 is 5.69 Å².